The van der Waals surface area contributed by atoms with E-state index < -0.39 is 11.5 Å². The second kappa shape index (κ2) is 6.53. The van der Waals surface area contributed by atoms with Crippen molar-refractivity contribution < 1.29 is 19.0 Å². The van der Waals surface area contributed by atoms with Crippen molar-refractivity contribution in [3.05, 3.63) is 59.7 Å². The Hall–Kier alpha value is -2.47. The molecule has 1 amide bonds. The minimum absolute atomic E-state index is 0.0314. The molecule has 0 saturated heterocycles. The first-order valence-electron chi connectivity index (χ1n) is 6.69. The fraction of sp³-hybridized carbons (Fsp3) is 0.250. The summed E-state index contributed by atoms with van der Waals surface area (Å²) in [5.41, 5.74) is -0.621. The molecule has 1 heterocycles. The quantitative estimate of drug-likeness (QED) is 0.884. The van der Waals surface area contributed by atoms with E-state index in [0.29, 0.717) is 11.3 Å². The van der Waals surface area contributed by atoms with E-state index in [2.05, 4.69) is 10.3 Å². The molecule has 2 N–H and O–H groups in total. The molecule has 0 aliphatic carbocycles. The van der Waals surface area contributed by atoms with Crippen molar-refractivity contribution in [1.82, 2.24) is 10.3 Å². The number of pyridine rings is 1. The number of hydrogen-bond acceptors (Lipinski definition) is 4. The van der Waals surface area contributed by atoms with E-state index in [0.717, 1.165) is 0 Å². The number of ether oxygens (including phenoxy) is 1. The fourth-order valence-electron chi connectivity index (χ4n) is 1.92. The highest BCUT2D eigenvalue weighted by atomic mass is 19.1. The summed E-state index contributed by atoms with van der Waals surface area (Å²) < 4.78 is 17.9. The van der Waals surface area contributed by atoms with Crippen LogP contribution < -0.4 is 10.1 Å². The minimum atomic E-state index is -1.32. The van der Waals surface area contributed by atoms with Crippen LogP contribution in [0.25, 0.3) is 0 Å². The summed E-state index contributed by atoms with van der Waals surface area (Å²) >= 11 is 0. The second-order valence-corrected chi connectivity index (χ2v) is 5.04. The van der Waals surface area contributed by atoms with Crippen LogP contribution in [0.4, 0.5) is 4.39 Å². The molecule has 0 radical (unpaired) electrons. The Kier molecular flexibility index (Phi) is 4.72. The van der Waals surface area contributed by atoms with Crippen LogP contribution in [-0.4, -0.2) is 29.7 Å². The van der Waals surface area contributed by atoms with E-state index in [1.54, 1.807) is 13.0 Å². The van der Waals surface area contributed by atoms with Gasteiger partial charge in [0.25, 0.3) is 5.91 Å². The van der Waals surface area contributed by atoms with Gasteiger partial charge in [-0.05, 0) is 30.7 Å². The van der Waals surface area contributed by atoms with Gasteiger partial charge in [-0.3, -0.25) is 9.78 Å². The van der Waals surface area contributed by atoms with Gasteiger partial charge >= 0.3 is 0 Å². The van der Waals surface area contributed by atoms with E-state index in [1.165, 1.54) is 43.6 Å². The number of hydrogen-bond donors (Lipinski definition) is 2. The normalized spacial score (nSPS) is 13.3. The van der Waals surface area contributed by atoms with Crippen molar-refractivity contribution in [2.45, 2.75) is 12.5 Å². The van der Waals surface area contributed by atoms with Gasteiger partial charge in [0.2, 0.25) is 0 Å². The summed E-state index contributed by atoms with van der Waals surface area (Å²) in [4.78, 5) is 16.0. The maximum absolute atomic E-state index is 12.9. The van der Waals surface area contributed by atoms with Gasteiger partial charge in [-0.2, -0.15) is 0 Å². The number of nitrogens with zero attached hydrogens (tertiary/aromatic N) is 1. The maximum Gasteiger partial charge on any atom is 0.270 e. The summed E-state index contributed by atoms with van der Waals surface area (Å²) in [7, 11) is 1.50. The minimum Gasteiger partial charge on any atom is -0.497 e. The SMILES string of the molecule is COc1ccnc(C(=O)NCC(C)(O)c2ccc(F)cc2)c1. The average molecular weight is 304 g/mol. The summed E-state index contributed by atoms with van der Waals surface area (Å²) in [6, 6.07) is 8.61. The highest BCUT2D eigenvalue weighted by Crippen LogP contribution is 2.20. The smallest absolute Gasteiger partial charge is 0.270 e. The van der Waals surface area contributed by atoms with E-state index in [-0.39, 0.29) is 18.1 Å². The van der Waals surface area contributed by atoms with E-state index in [4.69, 9.17) is 4.74 Å². The summed E-state index contributed by atoms with van der Waals surface area (Å²) in [6.07, 6.45) is 1.46. The molecule has 22 heavy (non-hydrogen) atoms. The molecule has 1 aromatic heterocycles. The largest absolute Gasteiger partial charge is 0.497 e. The van der Waals surface area contributed by atoms with E-state index in [1.807, 2.05) is 0 Å². The van der Waals surface area contributed by atoms with Gasteiger partial charge in [0, 0.05) is 12.3 Å². The van der Waals surface area contributed by atoms with Crippen molar-refractivity contribution in [3.8, 4) is 5.75 Å². The van der Waals surface area contributed by atoms with Crippen LogP contribution in [0.2, 0.25) is 0 Å². The van der Waals surface area contributed by atoms with Gasteiger partial charge in [-0.1, -0.05) is 12.1 Å². The molecule has 0 spiro atoms. The Labute approximate surface area is 127 Å². The number of amides is 1. The predicted molar refractivity (Wildman–Crippen MR) is 79.1 cm³/mol. The third kappa shape index (κ3) is 3.79. The number of nitrogens with one attached hydrogen (secondary N) is 1. The van der Waals surface area contributed by atoms with Crippen LogP contribution in [0.15, 0.2) is 42.6 Å². The lowest BCUT2D eigenvalue weighted by molar-refractivity contribution is 0.0524. The highest BCUT2D eigenvalue weighted by Gasteiger charge is 2.24. The standard InChI is InChI=1S/C16H17FN2O3/c1-16(21,11-3-5-12(17)6-4-11)10-19-15(20)14-9-13(22-2)7-8-18-14/h3-9,21H,10H2,1-2H3,(H,19,20). The molecule has 1 atom stereocenters. The molecular formula is C16H17FN2O3. The molecule has 0 aliphatic rings. The average Bonchev–Trinajstić information content (AvgIpc) is 2.53. The first-order chi connectivity index (χ1) is 10.4. The van der Waals surface area contributed by atoms with Gasteiger partial charge in [-0.25, -0.2) is 4.39 Å². The van der Waals surface area contributed by atoms with E-state index in [9.17, 15) is 14.3 Å². The molecule has 2 aromatic rings. The van der Waals surface area contributed by atoms with Crippen molar-refractivity contribution >= 4 is 5.91 Å². The number of carbonyl (C=O) groups is 1. The van der Waals surface area contributed by atoms with Crippen LogP contribution in [0.3, 0.4) is 0 Å². The number of rotatable bonds is 5. The van der Waals surface area contributed by atoms with Crippen LogP contribution >= 0.6 is 0 Å². The first kappa shape index (κ1) is 15.9. The molecule has 1 unspecified atom stereocenters. The molecular weight excluding hydrogens is 287 g/mol. The fourth-order valence-corrected chi connectivity index (χ4v) is 1.92. The molecule has 0 saturated carbocycles. The van der Waals surface area contributed by atoms with Gasteiger partial charge in [0.05, 0.1) is 13.7 Å². The lowest BCUT2D eigenvalue weighted by Gasteiger charge is -2.24. The topological polar surface area (TPSA) is 71.5 Å². The van der Waals surface area contributed by atoms with Crippen LogP contribution in [0, 0.1) is 5.82 Å². The first-order valence-corrected chi connectivity index (χ1v) is 6.69. The number of halogens is 1. The molecule has 2 rings (SSSR count). The predicted octanol–water partition coefficient (Wildman–Crippen LogP) is 1.87. The number of benzene rings is 1. The molecule has 5 nitrogen and oxygen atoms in total. The highest BCUT2D eigenvalue weighted by molar-refractivity contribution is 5.92. The molecule has 1 aromatic carbocycles. The Bertz CT molecular complexity index is 657. The van der Waals surface area contributed by atoms with Crippen molar-refractivity contribution in [2.24, 2.45) is 0 Å². The number of methoxy groups -OCH3 is 1. The lowest BCUT2D eigenvalue weighted by Crippen LogP contribution is -2.38. The van der Waals surface area contributed by atoms with Crippen molar-refractivity contribution in [2.75, 3.05) is 13.7 Å². The van der Waals surface area contributed by atoms with Gasteiger partial charge in [0.1, 0.15) is 22.9 Å². The van der Waals surface area contributed by atoms with Gasteiger partial charge < -0.3 is 15.2 Å². The molecule has 0 bridgehead atoms. The number of aromatic nitrogens is 1. The number of carbonyl (C=O) groups excluding carboxylic acids is 1. The number of aliphatic hydroxyl groups is 1. The Balaban J connectivity index is 2.04. The maximum atomic E-state index is 12.9. The monoisotopic (exact) mass is 304 g/mol. The molecule has 0 fully saturated rings. The van der Waals surface area contributed by atoms with Crippen LogP contribution in [0.1, 0.15) is 23.0 Å². The van der Waals surface area contributed by atoms with Crippen molar-refractivity contribution in [1.29, 1.82) is 0 Å². The van der Waals surface area contributed by atoms with Crippen LogP contribution in [-0.2, 0) is 5.60 Å². The molecule has 0 aliphatic heterocycles. The van der Waals surface area contributed by atoms with Gasteiger partial charge in [0.15, 0.2) is 0 Å². The zero-order chi connectivity index (χ0) is 16.2. The Morgan fingerprint density at radius 1 is 1.36 bits per heavy atom. The van der Waals surface area contributed by atoms with Gasteiger partial charge in [-0.15, -0.1) is 0 Å². The van der Waals surface area contributed by atoms with Crippen LogP contribution in [0.5, 0.6) is 5.75 Å². The van der Waals surface area contributed by atoms with E-state index >= 15 is 0 Å². The summed E-state index contributed by atoms with van der Waals surface area (Å²) in [6.45, 7) is 1.51. The molecule has 6 heteroatoms. The third-order valence-electron chi connectivity index (χ3n) is 3.26. The summed E-state index contributed by atoms with van der Waals surface area (Å²) in [5, 5.41) is 13.0. The Morgan fingerprint density at radius 3 is 2.68 bits per heavy atom. The Morgan fingerprint density at radius 2 is 2.05 bits per heavy atom. The second-order valence-electron chi connectivity index (χ2n) is 5.04. The zero-order valence-electron chi connectivity index (χ0n) is 12.3. The van der Waals surface area contributed by atoms with Crippen molar-refractivity contribution in [3.63, 3.8) is 0 Å². The molecule has 116 valence electrons. The summed E-state index contributed by atoms with van der Waals surface area (Å²) in [5.74, 6) is -0.295. The zero-order valence-corrected chi connectivity index (χ0v) is 12.3. The lowest BCUT2D eigenvalue weighted by atomic mass is 9.96. The third-order valence-corrected chi connectivity index (χ3v) is 3.26.